The molecule has 0 atom stereocenters. The first kappa shape index (κ1) is 15.8. The molecule has 2 N–H and O–H groups in total. The van der Waals surface area contributed by atoms with Crippen LogP contribution in [0.5, 0.6) is 0 Å². The zero-order chi connectivity index (χ0) is 15.2. The van der Waals surface area contributed by atoms with Crippen molar-refractivity contribution in [2.24, 2.45) is 0 Å². The average Bonchev–Trinajstić information content (AvgIpc) is 2.45. The Morgan fingerprint density at radius 3 is 2.43 bits per heavy atom. The van der Waals surface area contributed by atoms with Crippen LogP contribution < -0.4 is 10.6 Å². The first-order valence-electron chi connectivity index (χ1n) is 6.91. The quantitative estimate of drug-likeness (QED) is 0.812. The number of hydrogen-bond acceptors (Lipinski definition) is 1. The van der Waals surface area contributed by atoms with Crippen LogP contribution in [0.1, 0.15) is 16.7 Å². The Labute approximate surface area is 136 Å². The Bertz CT molecular complexity index is 623. The predicted molar refractivity (Wildman–Crippen MR) is 95.3 cm³/mol. The van der Waals surface area contributed by atoms with E-state index in [1.807, 2.05) is 30.3 Å². The molecule has 0 radical (unpaired) electrons. The van der Waals surface area contributed by atoms with Crippen LogP contribution in [0.25, 0.3) is 0 Å². The van der Waals surface area contributed by atoms with Crippen LogP contribution in [0.2, 0.25) is 5.02 Å². The molecular formula is C17H19ClN2S. The van der Waals surface area contributed by atoms with E-state index < -0.39 is 0 Å². The molecule has 0 aliphatic carbocycles. The third kappa shape index (κ3) is 5.03. The maximum Gasteiger partial charge on any atom is 0.170 e. The molecule has 0 amide bonds. The molecular weight excluding hydrogens is 300 g/mol. The van der Waals surface area contributed by atoms with E-state index in [1.165, 1.54) is 16.7 Å². The maximum atomic E-state index is 5.86. The van der Waals surface area contributed by atoms with E-state index in [0.717, 1.165) is 23.7 Å². The summed E-state index contributed by atoms with van der Waals surface area (Å²) in [4.78, 5) is 0. The second kappa shape index (κ2) is 7.43. The van der Waals surface area contributed by atoms with Gasteiger partial charge in [0.25, 0.3) is 0 Å². The van der Waals surface area contributed by atoms with Crippen LogP contribution in [0.15, 0.2) is 42.5 Å². The largest absolute Gasteiger partial charge is 0.362 e. The number of halogens is 1. The second-order valence-corrected chi connectivity index (χ2v) is 5.90. The smallest absolute Gasteiger partial charge is 0.170 e. The first-order valence-corrected chi connectivity index (χ1v) is 7.70. The van der Waals surface area contributed by atoms with Crippen molar-refractivity contribution in [3.05, 3.63) is 64.2 Å². The van der Waals surface area contributed by atoms with E-state index in [9.17, 15) is 0 Å². The molecule has 2 rings (SSSR count). The van der Waals surface area contributed by atoms with Gasteiger partial charge in [0.05, 0.1) is 0 Å². The normalized spacial score (nSPS) is 10.2. The van der Waals surface area contributed by atoms with Gasteiger partial charge in [-0.2, -0.15) is 0 Å². The molecule has 0 aliphatic heterocycles. The van der Waals surface area contributed by atoms with Gasteiger partial charge in [-0.25, -0.2) is 0 Å². The number of rotatable bonds is 4. The van der Waals surface area contributed by atoms with Crippen molar-refractivity contribution >= 4 is 34.6 Å². The van der Waals surface area contributed by atoms with Crippen LogP contribution in [-0.2, 0) is 6.42 Å². The van der Waals surface area contributed by atoms with Crippen LogP contribution in [0.3, 0.4) is 0 Å². The van der Waals surface area contributed by atoms with E-state index in [2.05, 4.69) is 36.6 Å². The molecule has 0 saturated carbocycles. The molecule has 0 aromatic heterocycles. The number of benzene rings is 2. The Morgan fingerprint density at radius 2 is 1.76 bits per heavy atom. The van der Waals surface area contributed by atoms with E-state index >= 15 is 0 Å². The number of thiocarbonyl (C=S) groups is 1. The summed E-state index contributed by atoms with van der Waals surface area (Å²) in [5, 5.41) is 7.83. The summed E-state index contributed by atoms with van der Waals surface area (Å²) in [5.74, 6) is 0. The monoisotopic (exact) mass is 318 g/mol. The molecule has 110 valence electrons. The van der Waals surface area contributed by atoms with Crippen LogP contribution in [-0.4, -0.2) is 11.7 Å². The Hall–Kier alpha value is -1.58. The van der Waals surface area contributed by atoms with Gasteiger partial charge in [0.15, 0.2) is 5.11 Å². The summed E-state index contributed by atoms with van der Waals surface area (Å²) in [6, 6.07) is 14.1. The summed E-state index contributed by atoms with van der Waals surface area (Å²) in [7, 11) is 0. The summed E-state index contributed by atoms with van der Waals surface area (Å²) < 4.78 is 0. The van der Waals surface area contributed by atoms with Crippen molar-refractivity contribution in [3.63, 3.8) is 0 Å². The minimum atomic E-state index is 0.646. The van der Waals surface area contributed by atoms with E-state index in [-0.39, 0.29) is 0 Å². The molecule has 0 spiro atoms. The average molecular weight is 319 g/mol. The van der Waals surface area contributed by atoms with Gasteiger partial charge < -0.3 is 10.6 Å². The number of nitrogens with one attached hydrogen (secondary N) is 2. The Balaban J connectivity index is 1.79. The fraction of sp³-hybridized carbons (Fsp3) is 0.235. The second-order valence-electron chi connectivity index (χ2n) is 5.06. The lowest BCUT2D eigenvalue weighted by atomic mass is 10.1. The topological polar surface area (TPSA) is 24.1 Å². The highest BCUT2D eigenvalue weighted by Gasteiger charge is 2.00. The number of aryl methyl sites for hydroxylation is 2. The minimum absolute atomic E-state index is 0.646. The van der Waals surface area contributed by atoms with Crippen LogP contribution in [0.4, 0.5) is 5.69 Å². The van der Waals surface area contributed by atoms with Gasteiger partial charge >= 0.3 is 0 Å². The lowest BCUT2D eigenvalue weighted by molar-refractivity contribution is 0.873. The van der Waals surface area contributed by atoms with Crippen molar-refractivity contribution in [1.82, 2.24) is 5.32 Å². The molecule has 2 aromatic carbocycles. The highest BCUT2D eigenvalue weighted by molar-refractivity contribution is 7.80. The number of hydrogen-bond donors (Lipinski definition) is 2. The summed E-state index contributed by atoms with van der Waals surface area (Å²) in [6.45, 7) is 4.98. The molecule has 0 fully saturated rings. The zero-order valence-electron chi connectivity index (χ0n) is 12.2. The molecule has 0 aliphatic rings. The molecule has 0 unspecified atom stereocenters. The molecule has 0 saturated heterocycles. The summed E-state index contributed by atoms with van der Waals surface area (Å²) in [6.07, 6.45) is 0.909. The predicted octanol–water partition coefficient (Wildman–Crippen LogP) is 4.49. The fourth-order valence-corrected chi connectivity index (χ4v) is 2.31. The van der Waals surface area contributed by atoms with Crippen molar-refractivity contribution in [1.29, 1.82) is 0 Å². The molecule has 4 heteroatoms. The van der Waals surface area contributed by atoms with Crippen molar-refractivity contribution < 1.29 is 0 Å². The van der Waals surface area contributed by atoms with Gasteiger partial charge in [-0.15, -0.1) is 0 Å². The van der Waals surface area contributed by atoms with Gasteiger partial charge in [0.1, 0.15) is 0 Å². The van der Waals surface area contributed by atoms with Crippen molar-refractivity contribution in [2.75, 3.05) is 11.9 Å². The molecule has 2 nitrogen and oxygen atoms in total. The molecule has 0 heterocycles. The maximum absolute atomic E-state index is 5.86. The lowest BCUT2D eigenvalue weighted by Gasteiger charge is -2.12. The van der Waals surface area contributed by atoms with Gasteiger partial charge in [-0.1, -0.05) is 29.8 Å². The summed E-state index contributed by atoms with van der Waals surface area (Å²) >= 11 is 11.2. The highest BCUT2D eigenvalue weighted by atomic mass is 35.5. The zero-order valence-corrected chi connectivity index (χ0v) is 13.8. The lowest BCUT2D eigenvalue weighted by Crippen LogP contribution is -2.30. The SMILES string of the molecule is Cc1ccc(NC(=S)NCCc2ccc(Cl)cc2)cc1C. The minimum Gasteiger partial charge on any atom is -0.362 e. The molecule has 2 aromatic rings. The van der Waals surface area contributed by atoms with Gasteiger partial charge in [0.2, 0.25) is 0 Å². The van der Waals surface area contributed by atoms with Crippen LogP contribution >= 0.6 is 23.8 Å². The summed E-state index contributed by atoms with van der Waals surface area (Å²) in [5.41, 5.74) is 4.79. The Morgan fingerprint density at radius 1 is 1.05 bits per heavy atom. The van der Waals surface area contributed by atoms with Crippen molar-refractivity contribution in [2.45, 2.75) is 20.3 Å². The van der Waals surface area contributed by atoms with Gasteiger partial charge in [-0.05, 0) is 73.4 Å². The van der Waals surface area contributed by atoms with Crippen molar-refractivity contribution in [3.8, 4) is 0 Å². The standard InChI is InChI=1S/C17H19ClN2S/c1-12-3-8-16(11-13(12)2)20-17(21)19-10-9-14-4-6-15(18)7-5-14/h3-8,11H,9-10H2,1-2H3,(H2,19,20,21). The third-order valence-corrected chi connectivity index (χ3v) is 3.88. The third-order valence-electron chi connectivity index (χ3n) is 3.38. The fourth-order valence-electron chi connectivity index (χ4n) is 1.97. The Kier molecular flexibility index (Phi) is 5.59. The van der Waals surface area contributed by atoms with E-state index in [1.54, 1.807) is 0 Å². The molecule has 0 bridgehead atoms. The van der Waals surface area contributed by atoms with E-state index in [0.29, 0.717) is 5.11 Å². The van der Waals surface area contributed by atoms with E-state index in [4.69, 9.17) is 23.8 Å². The van der Waals surface area contributed by atoms with Gasteiger partial charge in [0, 0.05) is 17.3 Å². The molecule has 21 heavy (non-hydrogen) atoms. The van der Waals surface area contributed by atoms with Crippen LogP contribution in [0, 0.1) is 13.8 Å². The highest BCUT2D eigenvalue weighted by Crippen LogP contribution is 2.14. The first-order chi connectivity index (χ1) is 10.0. The van der Waals surface area contributed by atoms with Gasteiger partial charge in [-0.3, -0.25) is 0 Å². The number of anilines is 1.